The summed E-state index contributed by atoms with van der Waals surface area (Å²) in [5, 5.41) is 18.4. The topological polar surface area (TPSA) is 168 Å². The molecular formula is C38H18F6N2O10. The van der Waals surface area contributed by atoms with Gasteiger partial charge in [-0.05, 0) is 97.1 Å². The van der Waals surface area contributed by atoms with Crippen molar-refractivity contribution in [2.24, 2.45) is 0 Å². The summed E-state index contributed by atoms with van der Waals surface area (Å²) in [5.41, 5.74) is -5.49. The molecule has 4 amide bonds. The number of carbonyl (C=O) groups is 6. The first kappa shape index (κ1) is 36.8. The van der Waals surface area contributed by atoms with Crippen LogP contribution >= 0.6 is 0 Å². The molecule has 5 aromatic rings. The van der Waals surface area contributed by atoms with Crippen LogP contribution in [0.3, 0.4) is 0 Å². The highest BCUT2D eigenvalue weighted by Gasteiger charge is 2.42. The number of carboxylic acid groups (broad SMARTS) is 2. The van der Waals surface area contributed by atoms with Crippen molar-refractivity contribution in [2.75, 3.05) is 9.80 Å². The number of amides is 4. The molecule has 12 nitrogen and oxygen atoms in total. The lowest BCUT2D eigenvalue weighted by atomic mass is 10.1. The van der Waals surface area contributed by atoms with E-state index in [4.69, 9.17) is 9.47 Å². The zero-order valence-corrected chi connectivity index (χ0v) is 27.6. The molecule has 0 unspecified atom stereocenters. The first-order chi connectivity index (χ1) is 26.3. The Bertz CT molecular complexity index is 2390. The fraction of sp³-hybridized carbons (Fsp3) is 0.0526. The van der Waals surface area contributed by atoms with Crippen LogP contribution < -0.4 is 19.3 Å². The predicted molar refractivity (Wildman–Crippen MR) is 179 cm³/mol. The molecule has 0 aliphatic carbocycles. The summed E-state index contributed by atoms with van der Waals surface area (Å²) in [5.74, 6) is -8.87. The summed E-state index contributed by atoms with van der Waals surface area (Å²) in [6, 6.07) is 15.1. The third kappa shape index (κ3) is 6.42. The predicted octanol–water partition coefficient (Wildman–Crippen LogP) is 8.31. The van der Waals surface area contributed by atoms with Crippen molar-refractivity contribution < 1.29 is 74.8 Å². The van der Waals surface area contributed by atoms with Gasteiger partial charge < -0.3 is 19.7 Å². The van der Waals surface area contributed by atoms with Crippen LogP contribution in [0.2, 0.25) is 0 Å². The number of imide groups is 2. The average Bonchev–Trinajstić information content (AvgIpc) is 3.54. The average molecular weight is 777 g/mol. The smallest absolute Gasteiger partial charge is 0.420 e. The minimum atomic E-state index is -5.09. The number of carboxylic acids is 2. The summed E-state index contributed by atoms with van der Waals surface area (Å²) in [4.78, 5) is 75.5. The van der Waals surface area contributed by atoms with Gasteiger partial charge in [0.1, 0.15) is 34.1 Å². The molecule has 18 heteroatoms. The second-order valence-electron chi connectivity index (χ2n) is 12.1. The molecule has 0 spiro atoms. The number of carbonyl (C=O) groups excluding carboxylic acids is 4. The van der Waals surface area contributed by atoms with Crippen LogP contribution in [0.15, 0.2) is 97.1 Å². The Balaban J connectivity index is 1.12. The van der Waals surface area contributed by atoms with Crippen molar-refractivity contribution in [2.45, 2.75) is 12.4 Å². The van der Waals surface area contributed by atoms with Crippen LogP contribution in [0.25, 0.3) is 0 Å². The fourth-order valence-corrected chi connectivity index (χ4v) is 5.98. The van der Waals surface area contributed by atoms with E-state index in [-0.39, 0.29) is 44.9 Å². The Kier molecular flexibility index (Phi) is 8.63. The second-order valence-corrected chi connectivity index (χ2v) is 12.1. The second kappa shape index (κ2) is 13.1. The van der Waals surface area contributed by atoms with Gasteiger partial charge in [0.15, 0.2) is 0 Å². The standard InChI is InChI=1S/C38H18F6N2O10/c39-37(40,41)27-15-19(45-31(47)23-9-1-17(35(51)52)13-25(23)33(45)49)3-11-29(27)55-21-5-7-22(8-6-21)56-30-12-4-20(16-28(30)38(42,43)44)46-32(48)24-10-2-18(36(53)54)14-26(24)34(46)50/h1-16H,(H,51,52)(H,53,54). The number of halogens is 6. The Morgan fingerprint density at radius 1 is 0.464 bits per heavy atom. The Labute approximate surface area is 308 Å². The number of alkyl halides is 6. The maximum atomic E-state index is 14.2. The summed E-state index contributed by atoms with van der Waals surface area (Å²) in [6.07, 6.45) is -10.2. The Hall–Kier alpha value is -7.50. The van der Waals surface area contributed by atoms with E-state index in [9.17, 15) is 65.3 Å². The van der Waals surface area contributed by atoms with Gasteiger partial charge in [0.2, 0.25) is 0 Å². The Morgan fingerprint density at radius 2 is 0.804 bits per heavy atom. The van der Waals surface area contributed by atoms with E-state index in [2.05, 4.69) is 0 Å². The van der Waals surface area contributed by atoms with Crippen LogP contribution in [-0.4, -0.2) is 45.8 Å². The van der Waals surface area contributed by atoms with E-state index in [0.717, 1.165) is 84.9 Å². The number of hydrogen-bond acceptors (Lipinski definition) is 8. The highest BCUT2D eigenvalue weighted by molar-refractivity contribution is 6.35. The van der Waals surface area contributed by atoms with Crippen LogP contribution in [0.1, 0.15) is 73.3 Å². The zero-order valence-electron chi connectivity index (χ0n) is 27.6. The third-order valence-corrected chi connectivity index (χ3v) is 8.60. The van der Waals surface area contributed by atoms with Crippen molar-refractivity contribution >= 4 is 46.9 Å². The number of ether oxygens (including phenoxy) is 2. The highest BCUT2D eigenvalue weighted by atomic mass is 19.4. The van der Waals surface area contributed by atoms with Gasteiger partial charge in [-0.2, -0.15) is 26.3 Å². The maximum absolute atomic E-state index is 14.2. The van der Waals surface area contributed by atoms with Gasteiger partial charge in [-0.1, -0.05) is 0 Å². The molecule has 2 aliphatic heterocycles. The lowest BCUT2D eigenvalue weighted by Crippen LogP contribution is -2.29. The molecule has 0 radical (unpaired) electrons. The molecule has 2 N–H and O–H groups in total. The Morgan fingerprint density at radius 3 is 1.12 bits per heavy atom. The summed E-state index contributed by atoms with van der Waals surface area (Å²) < 4.78 is 96.3. The van der Waals surface area contributed by atoms with Crippen molar-refractivity contribution in [3.63, 3.8) is 0 Å². The maximum Gasteiger partial charge on any atom is 0.420 e. The third-order valence-electron chi connectivity index (χ3n) is 8.60. The van der Waals surface area contributed by atoms with Gasteiger partial charge in [-0.15, -0.1) is 0 Å². The molecule has 282 valence electrons. The van der Waals surface area contributed by atoms with Crippen LogP contribution in [0.4, 0.5) is 37.7 Å². The largest absolute Gasteiger partial charge is 0.478 e. The van der Waals surface area contributed by atoms with Gasteiger partial charge >= 0.3 is 24.3 Å². The molecule has 2 aliphatic rings. The van der Waals surface area contributed by atoms with Gasteiger partial charge in [0.25, 0.3) is 23.6 Å². The molecular weight excluding hydrogens is 758 g/mol. The molecule has 7 rings (SSSR count). The molecule has 0 atom stereocenters. The minimum Gasteiger partial charge on any atom is -0.478 e. The van der Waals surface area contributed by atoms with E-state index in [1.165, 1.54) is 0 Å². The van der Waals surface area contributed by atoms with E-state index in [0.29, 0.717) is 21.9 Å². The molecule has 0 aromatic heterocycles. The van der Waals surface area contributed by atoms with Crippen molar-refractivity contribution in [3.05, 3.63) is 142 Å². The molecule has 0 saturated heterocycles. The number of fused-ring (bicyclic) bond motifs is 2. The molecule has 56 heavy (non-hydrogen) atoms. The monoisotopic (exact) mass is 776 g/mol. The summed E-state index contributed by atoms with van der Waals surface area (Å²) in [6.45, 7) is 0. The lowest BCUT2D eigenvalue weighted by Gasteiger charge is -2.20. The van der Waals surface area contributed by atoms with Crippen LogP contribution in [0, 0.1) is 0 Å². The quantitative estimate of drug-likeness (QED) is 0.116. The number of nitrogens with zero attached hydrogens (tertiary/aromatic N) is 2. The van der Waals surface area contributed by atoms with Crippen molar-refractivity contribution in [1.82, 2.24) is 0 Å². The van der Waals surface area contributed by atoms with E-state index in [1.54, 1.807) is 0 Å². The van der Waals surface area contributed by atoms with E-state index < -0.39 is 81.9 Å². The molecule has 0 fully saturated rings. The van der Waals surface area contributed by atoms with Crippen molar-refractivity contribution in [3.8, 4) is 23.0 Å². The van der Waals surface area contributed by atoms with Crippen LogP contribution in [0.5, 0.6) is 23.0 Å². The summed E-state index contributed by atoms with van der Waals surface area (Å²) in [7, 11) is 0. The SMILES string of the molecule is O=C(O)c1ccc2c(c1)C(=O)N(c1ccc(Oc3ccc(Oc4ccc(N5C(=O)c6ccc(C(=O)O)cc6C5=O)cc4C(F)(F)F)cc3)c(C(F)(F)F)c1)C2=O. The van der Waals surface area contributed by atoms with Gasteiger partial charge in [0, 0.05) is 0 Å². The minimum absolute atomic E-state index is 0.213. The van der Waals surface area contributed by atoms with E-state index in [1.807, 2.05) is 0 Å². The lowest BCUT2D eigenvalue weighted by molar-refractivity contribution is -0.139. The zero-order chi connectivity index (χ0) is 40.4. The van der Waals surface area contributed by atoms with Gasteiger partial charge in [-0.3, -0.25) is 19.2 Å². The van der Waals surface area contributed by atoms with Crippen molar-refractivity contribution in [1.29, 1.82) is 0 Å². The van der Waals surface area contributed by atoms with Gasteiger partial charge in [-0.25, -0.2) is 19.4 Å². The highest BCUT2D eigenvalue weighted by Crippen LogP contribution is 2.44. The molecule has 2 heterocycles. The normalized spacial score (nSPS) is 13.9. The molecule has 0 bridgehead atoms. The molecule has 0 saturated carbocycles. The number of benzene rings is 5. The first-order valence-corrected chi connectivity index (χ1v) is 15.7. The van der Waals surface area contributed by atoms with Crippen LogP contribution in [-0.2, 0) is 12.4 Å². The number of anilines is 2. The number of aromatic carboxylic acids is 2. The fourth-order valence-electron chi connectivity index (χ4n) is 5.98. The first-order valence-electron chi connectivity index (χ1n) is 15.7. The number of hydrogen-bond donors (Lipinski definition) is 2. The summed E-state index contributed by atoms with van der Waals surface area (Å²) >= 11 is 0. The van der Waals surface area contributed by atoms with Gasteiger partial charge in [0.05, 0.1) is 44.8 Å². The van der Waals surface area contributed by atoms with E-state index >= 15 is 0 Å². The number of rotatable bonds is 8. The molecule has 5 aromatic carbocycles.